The third kappa shape index (κ3) is 5.39. The summed E-state index contributed by atoms with van der Waals surface area (Å²) in [6, 6.07) is 21.1. The number of ketones is 1. The van der Waals surface area contributed by atoms with Crippen LogP contribution < -0.4 is 10.6 Å². The summed E-state index contributed by atoms with van der Waals surface area (Å²) >= 11 is 0. The van der Waals surface area contributed by atoms with E-state index < -0.39 is 0 Å². The highest BCUT2D eigenvalue weighted by Gasteiger charge is 2.10. The van der Waals surface area contributed by atoms with Gasteiger partial charge in [0.1, 0.15) is 0 Å². The van der Waals surface area contributed by atoms with Gasteiger partial charge in [0.25, 0.3) is 11.8 Å². The molecule has 0 radical (unpaired) electrons. The minimum Gasteiger partial charge on any atom is -0.348 e. The number of carbonyl (C=O) groups excluding carboxylic acids is 3. The van der Waals surface area contributed by atoms with E-state index >= 15 is 0 Å². The number of hydrogen-bond acceptors (Lipinski definition) is 3. The van der Waals surface area contributed by atoms with Gasteiger partial charge in [-0.2, -0.15) is 0 Å². The van der Waals surface area contributed by atoms with Gasteiger partial charge in [-0.15, -0.1) is 0 Å². The maximum Gasteiger partial charge on any atom is 0.255 e. The highest BCUT2D eigenvalue weighted by atomic mass is 16.2. The van der Waals surface area contributed by atoms with Crippen LogP contribution in [0.15, 0.2) is 72.8 Å². The minimum atomic E-state index is -0.285. The van der Waals surface area contributed by atoms with Crippen LogP contribution in [0.1, 0.15) is 49.1 Å². The second kappa shape index (κ2) is 8.97. The largest absolute Gasteiger partial charge is 0.348 e. The summed E-state index contributed by atoms with van der Waals surface area (Å²) in [6.45, 7) is 3.95. The summed E-state index contributed by atoms with van der Waals surface area (Å²) in [4.78, 5) is 36.0. The summed E-state index contributed by atoms with van der Waals surface area (Å²) in [5.74, 6) is -0.510. The van der Waals surface area contributed by atoms with Crippen LogP contribution in [0.25, 0.3) is 0 Å². The molecule has 0 bridgehead atoms. The summed E-state index contributed by atoms with van der Waals surface area (Å²) in [5.41, 5.74) is 4.30. The lowest BCUT2D eigenvalue weighted by Gasteiger charge is -2.08. The fourth-order valence-corrected chi connectivity index (χ4v) is 2.75. The van der Waals surface area contributed by atoms with E-state index in [1.54, 1.807) is 48.5 Å². The van der Waals surface area contributed by atoms with Gasteiger partial charge in [0.15, 0.2) is 5.78 Å². The monoisotopic (exact) mass is 386 g/mol. The molecule has 3 aromatic rings. The zero-order valence-electron chi connectivity index (χ0n) is 16.4. The van der Waals surface area contributed by atoms with E-state index in [2.05, 4.69) is 10.6 Å². The van der Waals surface area contributed by atoms with Gasteiger partial charge in [-0.3, -0.25) is 14.4 Å². The van der Waals surface area contributed by atoms with Crippen LogP contribution in [-0.2, 0) is 6.54 Å². The average molecular weight is 386 g/mol. The van der Waals surface area contributed by atoms with Crippen molar-refractivity contribution in [3.8, 4) is 0 Å². The number of rotatable bonds is 6. The van der Waals surface area contributed by atoms with E-state index in [1.807, 2.05) is 31.2 Å². The molecule has 146 valence electrons. The van der Waals surface area contributed by atoms with Gasteiger partial charge in [-0.05, 0) is 67.9 Å². The first-order valence-corrected chi connectivity index (χ1v) is 9.28. The molecule has 0 saturated carbocycles. The highest BCUT2D eigenvalue weighted by Crippen LogP contribution is 2.13. The average Bonchev–Trinajstić information content (AvgIpc) is 2.73. The second-order valence-corrected chi connectivity index (χ2v) is 6.83. The Morgan fingerprint density at radius 2 is 1.21 bits per heavy atom. The Morgan fingerprint density at radius 1 is 0.690 bits per heavy atom. The molecule has 0 heterocycles. The zero-order chi connectivity index (χ0) is 20.8. The predicted molar refractivity (Wildman–Crippen MR) is 113 cm³/mol. The van der Waals surface area contributed by atoms with Crippen molar-refractivity contribution >= 4 is 23.3 Å². The van der Waals surface area contributed by atoms with Crippen molar-refractivity contribution in [1.29, 1.82) is 0 Å². The molecule has 5 nitrogen and oxygen atoms in total. The molecule has 29 heavy (non-hydrogen) atoms. The topological polar surface area (TPSA) is 75.3 Å². The van der Waals surface area contributed by atoms with Crippen LogP contribution in [0.2, 0.25) is 0 Å². The Kier molecular flexibility index (Phi) is 6.19. The molecule has 0 spiro atoms. The molecule has 2 N–H and O–H groups in total. The number of benzene rings is 3. The summed E-state index contributed by atoms with van der Waals surface area (Å²) < 4.78 is 0. The second-order valence-electron chi connectivity index (χ2n) is 6.83. The normalized spacial score (nSPS) is 10.3. The molecular formula is C24H22N2O3. The summed E-state index contributed by atoms with van der Waals surface area (Å²) in [5, 5.41) is 5.64. The van der Waals surface area contributed by atoms with Crippen molar-refractivity contribution in [1.82, 2.24) is 5.32 Å². The fraction of sp³-hybridized carbons (Fsp3) is 0.125. The van der Waals surface area contributed by atoms with E-state index in [4.69, 9.17) is 0 Å². The van der Waals surface area contributed by atoms with Crippen LogP contribution in [0.4, 0.5) is 5.69 Å². The lowest BCUT2D eigenvalue weighted by atomic mass is 10.1. The fourth-order valence-electron chi connectivity index (χ4n) is 2.75. The maximum atomic E-state index is 12.4. The van der Waals surface area contributed by atoms with Gasteiger partial charge >= 0.3 is 0 Å². The molecule has 5 heteroatoms. The SMILES string of the molecule is CC(=O)c1ccc(NC(=O)c2ccc(C(=O)NCc3ccc(C)cc3)cc2)cc1. The predicted octanol–water partition coefficient (Wildman–Crippen LogP) is 4.38. The van der Waals surface area contributed by atoms with Gasteiger partial charge in [0.05, 0.1) is 0 Å². The quantitative estimate of drug-likeness (QED) is 0.618. The molecule has 0 aliphatic rings. The van der Waals surface area contributed by atoms with Gasteiger partial charge in [0.2, 0.25) is 0 Å². The summed E-state index contributed by atoms with van der Waals surface area (Å²) in [7, 11) is 0. The number of nitrogens with one attached hydrogen (secondary N) is 2. The molecule has 0 saturated heterocycles. The third-order valence-electron chi connectivity index (χ3n) is 4.53. The minimum absolute atomic E-state index is 0.0286. The van der Waals surface area contributed by atoms with Gasteiger partial charge in [0, 0.05) is 28.9 Å². The number of aryl methyl sites for hydroxylation is 1. The Balaban J connectivity index is 1.58. The standard InChI is InChI=1S/C24H22N2O3/c1-16-3-5-18(6-4-16)15-25-23(28)20-7-9-21(10-8-20)24(29)26-22-13-11-19(12-14-22)17(2)27/h3-14H,15H2,1-2H3,(H,25,28)(H,26,29). The van der Waals surface area contributed by atoms with E-state index in [0.717, 1.165) is 5.56 Å². The van der Waals surface area contributed by atoms with Crippen molar-refractivity contribution in [2.45, 2.75) is 20.4 Å². The van der Waals surface area contributed by atoms with Gasteiger partial charge < -0.3 is 10.6 Å². The van der Waals surface area contributed by atoms with E-state index in [-0.39, 0.29) is 17.6 Å². The molecule has 0 aliphatic heterocycles. The number of carbonyl (C=O) groups is 3. The molecule has 2 amide bonds. The zero-order valence-corrected chi connectivity index (χ0v) is 16.4. The first-order chi connectivity index (χ1) is 13.9. The molecule has 0 atom stereocenters. The van der Waals surface area contributed by atoms with Crippen molar-refractivity contribution in [3.05, 3.63) is 101 Å². The molecule has 3 aromatic carbocycles. The molecule has 0 fully saturated rings. The van der Waals surface area contributed by atoms with Crippen molar-refractivity contribution < 1.29 is 14.4 Å². The first-order valence-electron chi connectivity index (χ1n) is 9.28. The summed E-state index contributed by atoms with van der Waals surface area (Å²) in [6.07, 6.45) is 0. The molecular weight excluding hydrogens is 364 g/mol. The third-order valence-corrected chi connectivity index (χ3v) is 4.53. The Bertz CT molecular complexity index is 1020. The Morgan fingerprint density at radius 3 is 1.76 bits per heavy atom. The van der Waals surface area contributed by atoms with Crippen molar-refractivity contribution in [2.75, 3.05) is 5.32 Å². The first kappa shape index (κ1) is 20.0. The number of amides is 2. The van der Waals surface area contributed by atoms with E-state index in [9.17, 15) is 14.4 Å². The Hall–Kier alpha value is -3.73. The molecule has 3 rings (SSSR count). The van der Waals surface area contributed by atoms with Crippen molar-refractivity contribution in [2.24, 2.45) is 0 Å². The van der Waals surface area contributed by atoms with Crippen LogP contribution in [-0.4, -0.2) is 17.6 Å². The van der Waals surface area contributed by atoms with E-state index in [0.29, 0.717) is 28.9 Å². The van der Waals surface area contributed by atoms with Crippen LogP contribution in [0.3, 0.4) is 0 Å². The highest BCUT2D eigenvalue weighted by molar-refractivity contribution is 6.05. The van der Waals surface area contributed by atoms with Gasteiger partial charge in [-0.25, -0.2) is 0 Å². The lowest BCUT2D eigenvalue weighted by molar-refractivity contribution is 0.0948. The van der Waals surface area contributed by atoms with Crippen molar-refractivity contribution in [3.63, 3.8) is 0 Å². The van der Waals surface area contributed by atoms with Gasteiger partial charge in [-0.1, -0.05) is 29.8 Å². The van der Waals surface area contributed by atoms with E-state index in [1.165, 1.54) is 12.5 Å². The van der Waals surface area contributed by atoms with Crippen LogP contribution >= 0.6 is 0 Å². The lowest BCUT2D eigenvalue weighted by Crippen LogP contribution is -2.23. The number of anilines is 1. The molecule has 0 aromatic heterocycles. The van der Waals surface area contributed by atoms with Crippen LogP contribution in [0, 0.1) is 6.92 Å². The maximum absolute atomic E-state index is 12.4. The smallest absolute Gasteiger partial charge is 0.255 e. The number of Topliss-reactive ketones (excluding diaryl/α,β-unsaturated/α-hetero) is 1. The van der Waals surface area contributed by atoms with Crippen LogP contribution in [0.5, 0.6) is 0 Å². The number of hydrogen-bond donors (Lipinski definition) is 2. The molecule has 0 aliphatic carbocycles. The Labute approximate surface area is 169 Å². The molecule has 0 unspecified atom stereocenters.